The summed E-state index contributed by atoms with van der Waals surface area (Å²) >= 11 is 0. The van der Waals surface area contributed by atoms with Crippen LogP contribution in [-0.2, 0) is 9.63 Å². The molecule has 0 spiro atoms. The summed E-state index contributed by atoms with van der Waals surface area (Å²) in [6.07, 6.45) is 0.642. The van der Waals surface area contributed by atoms with Gasteiger partial charge in [0.05, 0.1) is 33.8 Å². The van der Waals surface area contributed by atoms with E-state index in [-0.39, 0.29) is 19.1 Å². The number of carbonyl (C=O) groups excluding carboxylic acids is 1. The number of amides is 1. The van der Waals surface area contributed by atoms with Gasteiger partial charge in [0.15, 0.2) is 0 Å². The second-order valence-corrected chi connectivity index (χ2v) is 8.15. The lowest BCUT2D eigenvalue weighted by molar-refractivity contribution is -0.892. The molecular formula is C22H32N3O6+. The number of nitrogens with zero attached hydrogens (tertiary/aromatic N) is 2. The normalized spacial score (nSPS) is 12.4. The highest BCUT2D eigenvalue weighted by Gasteiger charge is 2.21. The zero-order valence-electron chi connectivity index (χ0n) is 18.2. The number of benzene rings is 2. The molecule has 2 N–H and O–H groups in total. The Morgan fingerprint density at radius 3 is 2.71 bits per heavy atom. The van der Waals surface area contributed by atoms with Gasteiger partial charge in [0.25, 0.3) is 5.09 Å². The van der Waals surface area contributed by atoms with Gasteiger partial charge in [-0.25, -0.2) is 0 Å². The van der Waals surface area contributed by atoms with Gasteiger partial charge in [-0.3, -0.25) is 4.79 Å². The Bertz CT molecular complexity index is 853. The zero-order valence-corrected chi connectivity index (χ0v) is 18.2. The lowest BCUT2D eigenvalue weighted by Crippen LogP contribution is -2.50. The first-order valence-electron chi connectivity index (χ1n) is 10.4. The highest BCUT2D eigenvalue weighted by Crippen LogP contribution is 2.25. The first-order valence-corrected chi connectivity index (χ1v) is 10.4. The molecule has 9 heteroatoms. The lowest BCUT2D eigenvalue weighted by atomic mass is 10.1. The lowest BCUT2D eigenvalue weighted by Gasteiger charge is -2.32. The Morgan fingerprint density at radius 2 is 1.94 bits per heavy atom. The smallest absolute Gasteiger partial charge is 0.294 e. The van der Waals surface area contributed by atoms with Crippen molar-refractivity contribution in [2.75, 3.05) is 46.9 Å². The average molecular weight is 435 g/mol. The van der Waals surface area contributed by atoms with Gasteiger partial charge in [0, 0.05) is 11.8 Å². The van der Waals surface area contributed by atoms with Crippen LogP contribution in [0.5, 0.6) is 5.75 Å². The molecule has 2 aromatic carbocycles. The second-order valence-electron chi connectivity index (χ2n) is 8.15. The van der Waals surface area contributed by atoms with Crippen LogP contribution in [0.25, 0.3) is 10.8 Å². The molecule has 0 fully saturated rings. The van der Waals surface area contributed by atoms with Crippen LogP contribution in [0.1, 0.15) is 19.3 Å². The van der Waals surface area contributed by atoms with Crippen molar-refractivity contribution in [3.05, 3.63) is 52.6 Å². The summed E-state index contributed by atoms with van der Waals surface area (Å²) in [4.78, 5) is 26.1. The summed E-state index contributed by atoms with van der Waals surface area (Å²) in [5.41, 5.74) is 0. The van der Waals surface area contributed by atoms with Gasteiger partial charge < -0.3 is 24.5 Å². The van der Waals surface area contributed by atoms with Crippen LogP contribution in [0.2, 0.25) is 0 Å². The molecule has 0 aliphatic heterocycles. The van der Waals surface area contributed by atoms with Crippen molar-refractivity contribution in [3.8, 4) is 5.75 Å². The molecule has 9 nitrogen and oxygen atoms in total. The Balaban J connectivity index is 1.66. The quantitative estimate of drug-likeness (QED) is 0.204. The molecule has 0 saturated heterocycles. The third-order valence-corrected chi connectivity index (χ3v) is 4.92. The summed E-state index contributed by atoms with van der Waals surface area (Å²) < 4.78 is 6.39. The fourth-order valence-electron chi connectivity index (χ4n) is 3.34. The minimum atomic E-state index is -0.832. The van der Waals surface area contributed by atoms with E-state index in [9.17, 15) is 20.0 Å². The van der Waals surface area contributed by atoms with Gasteiger partial charge in [-0.05, 0) is 24.3 Å². The first-order chi connectivity index (χ1) is 14.8. The molecule has 0 saturated carbocycles. The number of rotatable bonds is 14. The standard InChI is InChI=1S/C22H31N3O6/c1-25(2,14-13-23-22(27)12-5-6-15-31-24(28)29)16-19(26)17-30-21-11-7-9-18-8-3-4-10-20(18)21/h3-4,7-11,19,26H,5-6,12-17H2,1-2H3/p+1. The van der Waals surface area contributed by atoms with E-state index in [1.54, 1.807) is 0 Å². The van der Waals surface area contributed by atoms with Crippen molar-refractivity contribution >= 4 is 16.7 Å². The number of nitrogens with one attached hydrogen (secondary N) is 1. The van der Waals surface area contributed by atoms with E-state index in [0.717, 1.165) is 16.5 Å². The van der Waals surface area contributed by atoms with Crippen LogP contribution in [-0.4, -0.2) is 73.6 Å². The largest absolute Gasteiger partial charge is 0.490 e. The molecule has 0 aromatic heterocycles. The van der Waals surface area contributed by atoms with Gasteiger partial charge in [-0.15, -0.1) is 10.1 Å². The molecule has 31 heavy (non-hydrogen) atoms. The number of hydrogen-bond acceptors (Lipinski definition) is 6. The topological polar surface area (TPSA) is 111 Å². The summed E-state index contributed by atoms with van der Waals surface area (Å²) in [6, 6.07) is 13.8. The molecule has 0 bridgehead atoms. The Hall–Kier alpha value is -2.91. The van der Waals surface area contributed by atoms with Crippen LogP contribution in [0.15, 0.2) is 42.5 Å². The van der Waals surface area contributed by atoms with Gasteiger partial charge in [0.1, 0.15) is 25.0 Å². The van der Waals surface area contributed by atoms with E-state index >= 15 is 0 Å². The van der Waals surface area contributed by atoms with Crippen molar-refractivity contribution < 1.29 is 29.0 Å². The van der Waals surface area contributed by atoms with Crippen LogP contribution in [0.4, 0.5) is 0 Å². The van der Waals surface area contributed by atoms with Crippen molar-refractivity contribution in [2.24, 2.45) is 0 Å². The molecule has 170 valence electrons. The minimum Gasteiger partial charge on any atom is -0.490 e. The van der Waals surface area contributed by atoms with Gasteiger partial charge in [0.2, 0.25) is 5.91 Å². The van der Waals surface area contributed by atoms with Crippen molar-refractivity contribution in [3.63, 3.8) is 0 Å². The van der Waals surface area contributed by atoms with Crippen LogP contribution >= 0.6 is 0 Å². The fourth-order valence-corrected chi connectivity index (χ4v) is 3.34. The average Bonchev–Trinajstić information content (AvgIpc) is 2.71. The Kier molecular flexibility index (Phi) is 9.48. The third kappa shape index (κ3) is 9.18. The highest BCUT2D eigenvalue weighted by atomic mass is 16.9. The highest BCUT2D eigenvalue weighted by molar-refractivity contribution is 5.88. The summed E-state index contributed by atoms with van der Waals surface area (Å²) in [6.45, 7) is 1.81. The molecule has 2 aromatic rings. The Morgan fingerprint density at radius 1 is 1.19 bits per heavy atom. The molecule has 2 rings (SSSR count). The number of aliphatic hydroxyl groups excluding tert-OH is 1. The van der Waals surface area contributed by atoms with E-state index in [0.29, 0.717) is 43.4 Å². The molecule has 1 atom stereocenters. The number of carbonyl (C=O) groups is 1. The first kappa shape index (κ1) is 24.4. The fraction of sp³-hybridized carbons (Fsp3) is 0.500. The molecule has 0 aliphatic carbocycles. The van der Waals surface area contributed by atoms with E-state index in [1.807, 2.05) is 56.6 Å². The molecule has 0 heterocycles. The maximum atomic E-state index is 11.9. The second kappa shape index (κ2) is 12.1. The van der Waals surface area contributed by atoms with E-state index in [4.69, 9.17) is 4.74 Å². The van der Waals surface area contributed by atoms with Gasteiger partial charge in [-0.2, -0.15) is 0 Å². The number of hydrogen-bond donors (Lipinski definition) is 2. The van der Waals surface area contributed by atoms with Crippen molar-refractivity contribution in [2.45, 2.75) is 25.4 Å². The van der Waals surface area contributed by atoms with Crippen LogP contribution < -0.4 is 10.1 Å². The molecule has 1 amide bonds. The van der Waals surface area contributed by atoms with E-state index < -0.39 is 11.2 Å². The van der Waals surface area contributed by atoms with Crippen molar-refractivity contribution in [1.29, 1.82) is 0 Å². The number of likely N-dealkylation sites (N-methyl/N-ethyl adjacent to an activating group) is 1. The molecule has 1 unspecified atom stereocenters. The SMILES string of the molecule is C[N+](C)(CCNC(=O)CCCCO[N+](=O)[O-])CC(O)COc1cccc2ccccc12. The number of unbranched alkanes of at least 4 members (excludes halogenated alkanes) is 1. The number of ether oxygens (including phenoxy) is 1. The van der Waals surface area contributed by atoms with E-state index in [1.165, 1.54) is 0 Å². The minimum absolute atomic E-state index is 0.00291. The Labute approximate surface area is 182 Å². The summed E-state index contributed by atoms with van der Waals surface area (Å²) in [5.74, 6) is 0.652. The summed E-state index contributed by atoms with van der Waals surface area (Å²) in [7, 11) is 3.98. The monoisotopic (exact) mass is 434 g/mol. The maximum absolute atomic E-state index is 11.9. The third-order valence-electron chi connectivity index (χ3n) is 4.92. The van der Waals surface area contributed by atoms with E-state index in [2.05, 4.69) is 10.2 Å². The van der Waals surface area contributed by atoms with Gasteiger partial charge >= 0.3 is 0 Å². The van der Waals surface area contributed by atoms with Crippen molar-refractivity contribution in [1.82, 2.24) is 5.32 Å². The molecule has 0 aliphatic rings. The maximum Gasteiger partial charge on any atom is 0.294 e. The molecule has 0 radical (unpaired) electrons. The summed E-state index contributed by atoms with van der Waals surface area (Å²) in [5, 5.41) is 24.6. The number of quaternary nitrogens is 1. The number of fused-ring (bicyclic) bond motifs is 1. The van der Waals surface area contributed by atoms with Crippen LogP contribution in [0.3, 0.4) is 0 Å². The zero-order chi connectivity index (χ0) is 22.7. The predicted octanol–water partition coefficient (Wildman–Crippen LogP) is 2.15. The molecular weight excluding hydrogens is 402 g/mol. The predicted molar refractivity (Wildman–Crippen MR) is 117 cm³/mol. The van der Waals surface area contributed by atoms with Gasteiger partial charge in [-0.1, -0.05) is 36.4 Å². The van der Waals surface area contributed by atoms with Crippen LogP contribution in [0, 0.1) is 10.1 Å². The number of aliphatic hydroxyl groups is 1.